The lowest BCUT2D eigenvalue weighted by atomic mass is 10.1. The summed E-state index contributed by atoms with van der Waals surface area (Å²) >= 11 is 15.3. The van der Waals surface area contributed by atoms with E-state index in [1.54, 1.807) is 18.2 Å². The molecule has 0 heterocycles. The molecule has 4 nitrogen and oxygen atoms in total. The highest BCUT2D eigenvalue weighted by Gasteiger charge is 2.13. The summed E-state index contributed by atoms with van der Waals surface area (Å²) < 4.78 is 8.25. The van der Waals surface area contributed by atoms with Crippen molar-refractivity contribution in [2.75, 3.05) is 5.32 Å². The number of nitrogens with one attached hydrogen (secondary N) is 1. The van der Waals surface area contributed by atoms with E-state index in [2.05, 4.69) is 59.8 Å². The Bertz CT molecular complexity index is 1190. The molecule has 0 aromatic heterocycles. The Hall–Kier alpha value is -1.86. The van der Waals surface area contributed by atoms with Crippen LogP contribution in [0, 0.1) is 14.9 Å². The molecule has 0 atom stereocenters. The number of nitrogens with zero attached hydrogens (tertiary/aromatic N) is 1. The number of hydrogen-bond acceptors (Lipinski definition) is 3. The van der Waals surface area contributed by atoms with Gasteiger partial charge in [0, 0.05) is 19.8 Å². The van der Waals surface area contributed by atoms with E-state index < -0.39 is 5.91 Å². The van der Waals surface area contributed by atoms with Gasteiger partial charge in [-0.1, -0.05) is 35.9 Å². The second-order valence-electron chi connectivity index (χ2n) is 6.33. The van der Waals surface area contributed by atoms with Gasteiger partial charge in [-0.15, -0.1) is 0 Å². The van der Waals surface area contributed by atoms with Crippen molar-refractivity contribution in [3.05, 3.63) is 94.9 Å². The normalized spacial score (nSPS) is 11.0. The maximum absolute atomic E-state index is 12.5. The number of nitriles is 1. The van der Waals surface area contributed by atoms with Crippen molar-refractivity contribution in [3.8, 4) is 11.8 Å². The van der Waals surface area contributed by atoms with Gasteiger partial charge in [0.05, 0.1) is 8.95 Å². The van der Waals surface area contributed by atoms with Gasteiger partial charge < -0.3 is 10.1 Å². The molecule has 1 N–H and O–H groups in total. The van der Waals surface area contributed by atoms with E-state index >= 15 is 0 Å². The molecule has 3 aromatic rings. The minimum atomic E-state index is -0.476. The van der Waals surface area contributed by atoms with E-state index in [1.807, 2.05) is 48.5 Å². The van der Waals surface area contributed by atoms with Gasteiger partial charge in [0.1, 0.15) is 24.0 Å². The zero-order valence-corrected chi connectivity index (χ0v) is 21.9. The fraction of sp³-hybridized carbons (Fsp3) is 0.0435. The molecule has 0 aliphatic heterocycles. The van der Waals surface area contributed by atoms with E-state index in [0.717, 1.165) is 9.13 Å². The molecule has 1 amide bonds. The number of ether oxygens (including phenoxy) is 1. The molecule has 0 unspecified atom stereocenters. The summed E-state index contributed by atoms with van der Waals surface area (Å²) in [5.74, 6) is 0.120. The molecule has 0 aliphatic rings. The molecule has 0 bridgehead atoms. The molecule has 3 rings (SSSR count). The molecule has 0 radical (unpaired) electrons. The first-order chi connectivity index (χ1) is 14.9. The average Bonchev–Trinajstić information content (AvgIpc) is 2.72. The van der Waals surface area contributed by atoms with Gasteiger partial charge in [0.25, 0.3) is 5.91 Å². The number of benzene rings is 3. The van der Waals surface area contributed by atoms with Crippen molar-refractivity contribution in [1.82, 2.24) is 0 Å². The van der Waals surface area contributed by atoms with Crippen LogP contribution >= 0.6 is 66.1 Å². The van der Waals surface area contributed by atoms with Crippen LogP contribution in [-0.4, -0.2) is 5.91 Å². The molecular formula is C23H14Br2ClIN2O2. The summed E-state index contributed by atoms with van der Waals surface area (Å²) in [5, 5.41) is 12.9. The van der Waals surface area contributed by atoms with Crippen LogP contribution in [0.15, 0.2) is 75.2 Å². The van der Waals surface area contributed by atoms with Gasteiger partial charge in [-0.05, 0) is 102 Å². The number of amides is 1. The van der Waals surface area contributed by atoms with E-state index in [9.17, 15) is 10.1 Å². The Morgan fingerprint density at radius 2 is 1.84 bits per heavy atom. The molecule has 0 saturated heterocycles. The minimum absolute atomic E-state index is 0.0117. The van der Waals surface area contributed by atoms with Crippen molar-refractivity contribution in [1.29, 1.82) is 5.26 Å². The van der Waals surface area contributed by atoms with Gasteiger partial charge in [-0.2, -0.15) is 5.26 Å². The van der Waals surface area contributed by atoms with E-state index in [1.165, 1.54) is 6.08 Å². The van der Waals surface area contributed by atoms with Crippen molar-refractivity contribution in [2.24, 2.45) is 0 Å². The molecule has 0 aliphatic carbocycles. The number of rotatable bonds is 6. The third-order valence-corrected chi connectivity index (χ3v) is 6.33. The van der Waals surface area contributed by atoms with E-state index in [-0.39, 0.29) is 5.57 Å². The molecule has 156 valence electrons. The number of carbonyl (C=O) groups excluding carboxylic acids is 1. The van der Waals surface area contributed by atoms with Crippen molar-refractivity contribution in [2.45, 2.75) is 6.61 Å². The summed E-state index contributed by atoms with van der Waals surface area (Å²) in [6.07, 6.45) is 1.52. The second kappa shape index (κ2) is 11.1. The fourth-order valence-electron chi connectivity index (χ4n) is 2.65. The van der Waals surface area contributed by atoms with Crippen LogP contribution in [0.5, 0.6) is 5.75 Å². The summed E-state index contributed by atoms with van der Waals surface area (Å²) in [7, 11) is 0. The van der Waals surface area contributed by atoms with Gasteiger partial charge in [0.2, 0.25) is 0 Å². The highest BCUT2D eigenvalue weighted by Crippen LogP contribution is 2.36. The average molecular weight is 673 g/mol. The Kier molecular flexibility index (Phi) is 8.55. The second-order valence-corrected chi connectivity index (χ2v) is 9.69. The smallest absolute Gasteiger partial charge is 0.266 e. The largest absolute Gasteiger partial charge is 0.486 e. The highest BCUT2D eigenvalue weighted by molar-refractivity contribution is 14.1. The first-order valence-corrected chi connectivity index (χ1v) is 12.0. The number of carbonyl (C=O) groups is 1. The van der Waals surface area contributed by atoms with Crippen LogP contribution in [0.4, 0.5) is 5.69 Å². The number of hydrogen-bond donors (Lipinski definition) is 1. The molecular weight excluding hydrogens is 658 g/mol. The fourth-order valence-corrected chi connectivity index (χ4v) is 4.83. The maximum atomic E-state index is 12.5. The monoisotopic (exact) mass is 670 g/mol. The Balaban J connectivity index is 1.78. The van der Waals surface area contributed by atoms with Crippen molar-refractivity contribution >= 4 is 83.7 Å². The lowest BCUT2D eigenvalue weighted by molar-refractivity contribution is -0.112. The molecule has 0 fully saturated rings. The first kappa shape index (κ1) is 23.8. The molecule has 0 spiro atoms. The summed E-state index contributed by atoms with van der Waals surface area (Å²) in [5.41, 5.74) is 2.15. The Morgan fingerprint density at radius 3 is 2.48 bits per heavy atom. The zero-order valence-electron chi connectivity index (χ0n) is 15.8. The summed E-state index contributed by atoms with van der Waals surface area (Å²) in [4.78, 5) is 12.5. The summed E-state index contributed by atoms with van der Waals surface area (Å²) in [6.45, 7) is 0.299. The van der Waals surface area contributed by atoms with Crippen LogP contribution in [0.25, 0.3) is 6.08 Å². The predicted octanol–water partition coefficient (Wildman–Crippen LogP) is 7.59. The predicted molar refractivity (Wildman–Crippen MR) is 139 cm³/mol. The lowest BCUT2D eigenvalue weighted by Crippen LogP contribution is -2.13. The molecule has 0 saturated carbocycles. The van der Waals surface area contributed by atoms with Gasteiger partial charge in [-0.3, -0.25) is 4.79 Å². The topological polar surface area (TPSA) is 62.1 Å². The lowest BCUT2D eigenvalue weighted by Gasteiger charge is -2.12. The molecule has 3 aromatic carbocycles. The van der Waals surface area contributed by atoms with Crippen LogP contribution in [0.1, 0.15) is 11.1 Å². The summed E-state index contributed by atoms with van der Waals surface area (Å²) in [6, 6.07) is 20.3. The van der Waals surface area contributed by atoms with Gasteiger partial charge in [-0.25, -0.2) is 0 Å². The highest BCUT2D eigenvalue weighted by atomic mass is 127. The minimum Gasteiger partial charge on any atom is -0.486 e. The van der Waals surface area contributed by atoms with E-state index in [4.69, 9.17) is 16.3 Å². The Morgan fingerprint density at radius 1 is 1.13 bits per heavy atom. The quantitative estimate of drug-likeness (QED) is 0.167. The van der Waals surface area contributed by atoms with E-state index in [0.29, 0.717) is 37.6 Å². The molecule has 8 heteroatoms. The number of anilines is 1. The third kappa shape index (κ3) is 6.56. The Labute approximate surface area is 215 Å². The zero-order chi connectivity index (χ0) is 22.4. The van der Waals surface area contributed by atoms with Crippen LogP contribution in [0.2, 0.25) is 5.02 Å². The maximum Gasteiger partial charge on any atom is 0.266 e. The van der Waals surface area contributed by atoms with Crippen molar-refractivity contribution < 1.29 is 9.53 Å². The standard InChI is InChI=1S/C23H14Br2ClIN2O2/c24-19-9-14(8-16(12-28)23(30)29-18-6-3-5-17(27)11-18)10-20(25)22(19)31-13-15-4-1-2-7-21(15)26/h1-11H,13H2,(H,29,30)/b16-8+. The SMILES string of the molecule is N#C/C(=C\c1cc(Br)c(OCc2ccccc2Cl)c(Br)c1)C(=O)Nc1cccc(I)c1. The van der Waals surface area contributed by atoms with Gasteiger partial charge in [0.15, 0.2) is 0 Å². The van der Waals surface area contributed by atoms with Crippen LogP contribution in [0.3, 0.4) is 0 Å². The first-order valence-electron chi connectivity index (χ1n) is 8.91. The van der Waals surface area contributed by atoms with Crippen LogP contribution in [-0.2, 0) is 11.4 Å². The van der Waals surface area contributed by atoms with Crippen LogP contribution < -0.4 is 10.1 Å². The van der Waals surface area contributed by atoms with Gasteiger partial charge >= 0.3 is 0 Å². The third-order valence-electron chi connectivity index (χ3n) is 4.11. The molecule has 31 heavy (non-hydrogen) atoms. The number of halogens is 4. The van der Waals surface area contributed by atoms with Crippen molar-refractivity contribution in [3.63, 3.8) is 0 Å².